The van der Waals surface area contributed by atoms with E-state index in [0.717, 1.165) is 25.5 Å². The van der Waals surface area contributed by atoms with Crippen molar-refractivity contribution >= 4 is 33.8 Å². The first-order valence-electron chi connectivity index (χ1n) is 12.9. The molecule has 2 fully saturated rings. The third-order valence-electron chi connectivity index (χ3n) is 6.86. The molecule has 3 aliphatic rings. The van der Waals surface area contributed by atoms with Crippen LogP contribution in [0.1, 0.15) is 72.6 Å². The molecule has 208 valence electrons. The van der Waals surface area contributed by atoms with E-state index in [-0.39, 0.29) is 24.2 Å². The Morgan fingerprint density at radius 2 is 1.89 bits per heavy atom. The fraction of sp³-hybridized carbons (Fsp3) is 0.760. The van der Waals surface area contributed by atoms with Crippen LogP contribution in [0.4, 0.5) is 4.79 Å². The van der Waals surface area contributed by atoms with Crippen molar-refractivity contribution in [2.45, 2.75) is 95.9 Å². The van der Waals surface area contributed by atoms with E-state index < -0.39 is 51.2 Å². The number of nitrogens with one attached hydrogen (secondary N) is 3. The molecule has 2 heterocycles. The maximum atomic E-state index is 13.7. The van der Waals surface area contributed by atoms with Gasteiger partial charge in [-0.1, -0.05) is 31.9 Å². The normalized spacial score (nSPS) is 32.1. The smallest absolute Gasteiger partial charge is 0.408 e. The van der Waals surface area contributed by atoms with Crippen LogP contribution in [-0.4, -0.2) is 73.2 Å². The van der Waals surface area contributed by atoms with E-state index in [0.29, 0.717) is 25.8 Å². The zero-order valence-corrected chi connectivity index (χ0v) is 23.2. The van der Waals surface area contributed by atoms with Crippen molar-refractivity contribution < 1.29 is 32.3 Å². The van der Waals surface area contributed by atoms with E-state index in [1.165, 1.54) is 4.90 Å². The van der Waals surface area contributed by atoms with Crippen LogP contribution in [0.15, 0.2) is 12.2 Å². The second kappa shape index (κ2) is 11.0. The van der Waals surface area contributed by atoms with Crippen LogP contribution in [0.5, 0.6) is 0 Å². The minimum Gasteiger partial charge on any atom is -0.444 e. The van der Waals surface area contributed by atoms with Gasteiger partial charge in [0, 0.05) is 12.5 Å². The highest BCUT2D eigenvalue weighted by Gasteiger charge is 2.61. The number of rotatable bonds is 3. The number of ether oxygens (including phenoxy) is 1. The summed E-state index contributed by atoms with van der Waals surface area (Å²) < 4.78 is 30.9. The van der Waals surface area contributed by atoms with E-state index in [4.69, 9.17) is 4.74 Å². The molecule has 1 saturated heterocycles. The molecule has 1 saturated carbocycles. The summed E-state index contributed by atoms with van der Waals surface area (Å²) in [6, 6.07) is -1.70. The Morgan fingerprint density at radius 1 is 1.19 bits per heavy atom. The maximum absolute atomic E-state index is 13.7. The Hall–Kier alpha value is -2.63. The number of hydrogen-bond acceptors (Lipinski definition) is 7. The van der Waals surface area contributed by atoms with Gasteiger partial charge in [0.1, 0.15) is 23.2 Å². The Labute approximate surface area is 219 Å². The van der Waals surface area contributed by atoms with Crippen LogP contribution in [0.3, 0.4) is 0 Å². The molecular weight excluding hydrogens is 500 g/mol. The molecule has 4 amide bonds. The van der Waals surface area contributed by atoms with E-state index in [1.54, 1.807) is 20.8 Å². The van der Waals surface area contributed by atoms with Gasteiger partial charge in [0.05, 0.1) is 6.26 Å². The molecule has 0 aromatic carbocycles. The first-order valence-corrected chi connectivity index (χ1v) is 14.8. The first kappa shape index (κ1) is 28.9. The van der Waals surface area contributed by atoms with E-state index in [1.807, 2.05) is 23.8 Å². The zero-order chi connectivity index (χ0) is 27.6. The summed E-state index contributed by atoms with van der Waals surface area (Å²) in [6.07, 6.45) is 8.16. The van der Waals surface area contributed by atoms with Crippen LogP contribution < -0.4 is 15.4 Å². The maximum Gasteiger partial charge on any atom is 0.408 e. The highest BCUT2D eigenvalue weighted by Crippen LogP contribution is 2.45. The van der Waals surface area contributed by atoms with Crippen LogP contribution >= 0.6 is 0 Å². The lowest BCUT2D eigenvalue weighted by Crippen LogP contribution is -2.58. The van der Waals surface area contributed by atoms with Crippen molar-refractivity contribution in [3.63, 3.8) is 0 Å². The summed E-state index contributed by atoms with van der Waals surface area (Å²) in [7, 11) is -3.83. The summed E-state index contributed by atoms with van der Waals surface area (Å²) >= 11 is 0. The largest absolute Gasteiger partial charge is 0.444 e. The van der Waals surface area contributed by atoms with Crippen LogP contribution in [0.2, 0.25) is 0 Å². The summed E-state index contributed by atoms with van der Waals surface area (Å²) in [5.41, 5.74) is -2.11. The summed E-state index contributed by atoms with van der Waals surface area (Å²) in [6.45, 7) is 7.47. The van der Waals surface area contributed by atoms with Gasteiger partial charge in [-0.15, -0.1) is 0 Å². The molecule has 1 aliphatic carbocycles. The molecule has 3 rings (SSSR count). The van der Waals surface area contributed by atoms with E-state index >= 15 is 0 Å². The van der Waals surface area contributed by atoms with Crippen molar-refractivity contribution in [3.05, 3.63) is 12.2 Å². The average molecular weight is 541 g/mol. The number of nitrogens with zero attached hydrogens (tertiary/aromatic N) is 1. The monoisotopic (exact) mass is 540 g/mol. The highest BCUT2D eigenvalue weighted by atomic mass is 32.2. The fourth-order valence-corrected chi connectivity index (χ4v) is 5.56. The van der Waals surface area contributed by atoms with Gasteiger partial charge in [0.25, 0.3) is 5.91 Å². The molecule has 0 spiro atoms. The Morgan fingerprint density at radius 3 is 2.54 bits per heavy atom. The number of alkyl carbamates (subject to hydrolysis) is 1. The second-order valence-electron chi connectivity index (χ2n) is 11.6. The number of fused-ring (bicyclic) bond motifs is 2. The molecule has 0 aromatic rings. The molecule has 0 bridgehead atoms. The van der Waals surface area contributed by atoms with E-state index in [9.17, 15) is 27.6 Å². The quantitative estimate of drug-likeness (QED) is 0.460. The zero-order valence-electron chi connectivity index (χ0n) is 22.3. The average Bonchev–Trinajstić information content (AvgIpc) is 3.29. The van der Waals surface area contributed by atoms with Crippen molar-refractivity contribution in [1.29, 1.82) is 0 Å². The van der Waals surface area contributed by atoms with Crippen LogP contribution in [0, 0.1) is 11.8 Å². The molecule has 12 heteroatoms. The van der Waals surface area contributed by atoms with Crippen LogP contribution in [-0.2, 0) is 29.1 Å². The van der Waals surface area contributed by atoms with Crippen molar-refractivity contribution in [2.75, 3.05) is 12.8 Å². The molecule has 1 unspecified atom stereocenters. The molecule has 0 aromatic heterocycles. The van der Waals surface area contributed by atoms with Gasteiger partial charge in [0.2, 0.25) is 21.8 Å². The number of allylic oxidation sites excluding steroid dienone is 1. The lowest BCUT2D eigenvalue weighted by atomic mass is 10.0. The van der Waals surface area contributed by atoms with Crippen molar-refractivity contribution in [2.24, 2.45) is 11.8 Å². The minimum absolute atomic E-state index is 0.0245. The molecule has 3 N–H and O–H groups in total. The van der Waals surface area contributed by atoms with Gasteiger partial charge in [-0.05, 0) is 58.8 Å². The molecule has 5 atom stereocenters. The Kier molecular flexibility index (Phi) is 8.60. The Balaban J connectivity index is 1.87. The fourth-order valence-electron chi connectivity index (χ4n) is 5.04. The summed E-state index contributed by atoms with van der Waals surface area (Å²) in [4.78, 5) is 54.1. The van der Waals surface area contributed by atoms with E-state index in [2.05, 4.69) is 10.6 Å². The molecule has 11 nitrogen and oxygen atoms in total. The standard InChI is InChI=1S/C25H40N4O7S/c1-16-13-19-20(30)27-25(22(32)28-37(5,34)35)14-17(25)11-9-7-6-8-10-12-18(21(31)29(19)15-16)26-23(33)36-24(2,3)4/h9,11,16-19H,6-8,10,12-15H2,1-5H3,(H,26,33)(H,27,30)(H,28,32)/b11-9-/t16-,17-,18+,19?,25-/m1/s1. The van der Waals surface area contributed by atoms with Gasteiger partial charge in [-0.2, -0.15) is 0 Å². The minimum atomic E-state index is -3.83. The van der Waals surface area contributed by atoms with Crippen LogP contribution in [0.25, 0.3) is 0 Å². The predicted octanol–water partition coefficient (Wildman–Crippen LogP) is 1.59. The molecule has 0 radical (unpaired) electrons. The summed E-state index contributed by atoms with van der Waals surface area (Å²) in [5, 5.41) is 5.49. The van der Waals surface area contributed by atoms with Gasteiger partial charge >= 0.3 is 6.09 Å². The molecular formula is C25H40N4O7S. The Bertz CT molecular complexity index is 1050. The number of carbonyl (C=O) groups excluding carboxylic acids is 4. The van der Waals surface area contributed by atoms with Gasteiger partial charge in [0.15, 0.2) is 0 Å². The SMILES string of the molecule is C[C@@H]1CC2C(=O)N[C@]3(C(=O)NS(C)(=O)=O)C[C@H]3/C=C\CCCCC[C@H](NC(=O)OC(C)(C)C)C(=O)N2C1. The topological polar surface area (TPSA) is 151 Å². The van der Waals surface area contributed by atoms with Gasteiger partial charge < -0.3 is 20.3 Å². The van der Waals surface area contributed by atoms with Crippen molar-refractivity contribution in [1.82, 2.24) is 20.3 Å². The highest BCUT2D eigenvalue weighted by molar-refractivity contribution is 7.89. The molecule has 2 aliphatic heterocycles. The van der Waals surface area contributed by atoms with Crippen molar-refractivity contribution in [3.8, 4) is 0 Å². The number of hydrogen-bond donors (Lipinski definition) is 3. The number of amides is 4. The third kappa shape index (κ3) is 7.68. The second-order valence-corrected chi connectivity index (χ2v) is 13.3. The lowest BCUT2D eigenvalue weighted by Gasteiger charge is -2.30. The summed E-state index contributed by atoms with van der Waals surface area (Å²) in [5.74, 6) is -1.98. The van der Waals surface area contributed by atoms with Gasteiger partial charge in [-0.3, -0.25) is 19.1 Å². The number of sulfonamides is 1. The third-order valence-corrected chi connectivity index (χ3v) is 7.42. The first-order chi connectivity index (χ1) is 17.1. The lowest BCUT2D eigenvalue weighted by molar-refractivity contribution is -0.141. The van der Waals surface area contributed by atoms with Gasteiger partial charge in [-0.25, -0.2) is 13.2 Å². The molecule has 37 heavy (non-hydrogen) atoms. The predicted molar refractivity (Wildman–Crippen MR) is 137 cm³/mol. The number of carbonyl (C=O) groups is 4.